The summed E-state index contributed by atoms with van der Waals surface area (Å²) in [7, 11) is -2.79. The average molecular weight is 345 g/mol. The molecular weight excluding hydrogens is 326 g/mol. The number of carbonyl (C=O) groups is 1. The van der Waals surface area contributed by atoms with E-state index in [4.69, 9.17) is 4.53 Å². The second kappa shape index (κ2) is 8.21. The Morgan fingerprint density at radius 1 is 0.720 bits per heavy atom. The molecule has 0 fully saturated rings. The Balaban J connectivity index is 2.22. The predicted molar refractivity (Wildman–Crippen MR) is 104 cm³/mol. The van der Waals surface area contributed by atoms with Gasteiger partial charge in [0.25, 0.3) is 0 Å². The van der Waals surface area contributed by atoms with Crippen LogP contribution < -0.4 is 15.6 Å². The van der Waals surface area contributed by atoms with Crippen molar-refractivity contribution in [3.05, 3.63) is 91.0 Å². The lowest BCUT2D eigenvalue weighted by Crippen LogP contribution is -2.68. The van der Waals surface area contributed by atoms with Crippen LogP contribution in [0.2, 0.25) is 0 Å². The fraction of sp³-hybridized carbons (Fsp3) is 0.0476. The number of hydrogen-bond donors (Lipinski definition) is 0. The first-order valence-electron chi connectivity index (χ1n) is 8.18. The SMILES string of the molecule is O=CC/C=N/O[Si](c1ccccc1)(c1ccccc1)c1ccccc1. The second-order valence-corrected chi connectivity index (χ2v) is 8.84. The molecule has 0 radical (unpaired) electrons. The first-order valence-corrected chi connectivity index (χ1v) is 10.1. The van der Waals surface area contributed by atoms with Crippen molar-refractivity contribution in [1.29, 1.82) is 0 Å². The lowest BCUT2D eigenvalue weighted by molar-refractivity contribution is -0.106. The lowest BCUT2D eigenvalue weighted by Gasteiger charge is -2.29. The summed E-state index contributed by atoms with van der Waals surface area (Å²) in [6.07, 6.45) is 2.57. The number of benzene rings is 3. The van der Waals surface area contributed by atoms with Gasteiger partial charge in [-0.1, -0.05) is 91.0 Å². The molecule has 0 aliphatic heterocycles. The third-order valence-corrected chi connectivity index (χ3v) is 7.83. The van der Waals surface area contributed by atoms with Crippen LogP contribution in [0.5, 0.6) is 0 Å². The Morgan fingerprint density at radius 3 is 1.48 bits per heavy atom. The predicted octanol–water partition coefficient (Wildman–Crippen LogP) is 2.24. The number of rotatable bonds is 7. The van der Waals surface area contributed by atoms with Crippen molar-refractivity contribution in [3.63, 3.8) is 0 Å². The number of hydrogen-bond acceptors (Lipinski definition) is 3. The smallest absolute Gasteiger partial charge is 0.380 e. The molecule has 0 atom stereocenters. The minimum atomic E-state index is -2.79. The largest absolute Gasteiger partial charge is 0.438 e. The Hall–Kier alpha value is -2.98. The van der Waals surface area contributed by atoms with Gasteiger partial charge in [0, 0.05) is 12.6 Å². The van der Waals surface area contributed by atoms with Crippen LogP contribution in [-0.2, 0) is 9.32 Å². The molecule has 0 aliphatic carbocycles. The highest BCUT2D eigenvalue weighted by molar-refractivity contribution is 7.07. The minimum Gasteiger partial charge on any atom is -0.438 e. The van der Waals surface area contributed by atoms with Crippen LogP contribution in [0.3, 0.4) is 0 Å². The summed E-state index contributed by atoms with van der Waals surface area (Å²) in [5.41, 5.74) is 0. The fourth-order valence-corrected chi connectivity index (χ4v) is 6.41. The van der Waals surface area contributed by atoms with Gasteiger partial charge < -0.3 is 9.32 Å². The van der Waals surface area contributed by atoms with Crippen LogP contribution in [0, 0.1) is 0 Å². The van der Waals surface area contributed by atoms with E-state index in [0.29, 0.717) is 0 Å². The molecule has 0 spiro atoms. The van der Waals surface area contributed by atoms with Crippen molar-refractivity contribution < 1.29 is 9.32 Å². The van der Waals surface area contributed by atoms with Gasteiger partial charge in [-0.25, -0.2) is 0 Å². The zero-order valence-corrected chi connectivity index (χ0v) is 14.8. The quantitative estimate of drug-likeness (QED) is 0.217. The van der Waals surface area contributed by atoms with E-state index in [2.05, 4.69) is 41.6 Å². The van der Waals surface area contributed by atoms with Crippen LogP contribution in [-0.4, -0.2) is 20.8 Å². The van der Waals surface area contributed by atoms with Gasteiger partial charge in [-0.2, -0.15) is 0 Å². The van der Waals surface area contributed by atoms with Gasteiger partial charge in [-0.05, 0) is 15.6 Å². The van der Waals surface area contributed by atoms with E-state index >= 15 is 0 Å². The molecule has 3 aromatic rings. The van der Waals surface area contributed by atoms with Gasteiger partial charge in [0.15, 0.2) is 0 Å². The van der Waals surface area contributed by atoms with E-state index in [0.717, 1.165) is 21.8 Å². The Morgan fingerprint density at radius 2 is 1.12 bits per heavy atom. The maximum Gasteiger partial charge on any atom is 0.380 e. The summed E-state index contributed by atoms with van der Waals surface area (Å²) in [5.74, 6) is 0. The molecule has 0 saturated carbocycles. The summed E-state index contributed by atoms with van der Waals surface area (Å²) < 4.78 is 6.24. The number of nitrogens with zero attached hydrogens (tertiary/aromatic N) is 1. The van der Waals surface area contributed by atoms with Crippen LogP contribution in [0.1, 0.15) is 6.42 Å². The van der Waals surface area contributed by atoms with Crippen molar-refractivity contribution in [2.24, 2.45) is 5.16 Å². The topological polar surface area (TPSA) is 38.7 Å². The molecule has 0 amide bonds. The van der Waals surface area contributed by atoms with E-state index in [1.54, 1.807) is 0 Å². The average Bonchev–Trinajstić information content (AvgIpc) is 2.70. The number of aldehydes is 1. The van der Waals surface area contributed by atoms with Gasteiger partial charge in [-0.3, -0.25) is 0 Å². The third-order valence-electron chi connectivity index (χ3n) is 4.01. The zero-order chi connectivity index (χ0) is 17.4. The maximum absolute atomic E-state index is 10.6. The molecule has 25 heavy (non-hydrogen) atoms. The molecule has 0 heterocycles. The van der Waals surface area contributed by atoms with Crippen LogP contribution in [0.4, 0.5) is 0 Å². The number of oxime groups is 1. The second-order valence-electron chi connectivity index (χ2n) is 5.56. The fourth-order valence-electron chi connectivity index (χ4n) is 2.88. The molecule has 4 heteroatoms. The van der Waals surface area contributed by atoms with Crippen LogP contribution in [0.15, 0.2) is 96.2 Å². The summed E-state index contributed by atoms with van der Waals surface area (Å²) in [6, 6.07) is 30.6. The molecule has 0 unspecified atom stereocenters. The summed E-state index contributed by atoms with van der Waals surface area (Å²) in [6.45, 7) is 0. The minimum absolute atomic E-state index is 0.239. The Labute approximate surface area is 148 Å². The first-order chi connectivity index (χ1) is 12.4. The molecular formula is C21H19NO2Si. The first kappa shape index (κ1) is 16.9. The highest BCUT2D eigenvalue weighted by Gasteiger charge is 2.44. The van der Waals surface area contributed by atoms with Crippen molar-refractivity contribution >= 4 is 36.4 Å². The lowest BCUT2D eigenvalue weighted by atomic mass is 10.3. The van der Waals surface area contributed by atoms with Gasteiger partial charge in [0.1, 0.15) is 6.29 Å². The molecule has 0 aromatic heterocycles. The zero-order valence-electron chi connectivity index (χ0n) is 13.8. The van der Waals surface area contributed by atoms with Crippen molar-refractivity contribution in [2.45, 2.75) is 6.42 Å². The van der Waals surface area contributed by atoms with Crippen molar-refractivity contribution in [2.75, 3.05) is 0 Å². The monoisotopic (exact) mass is 345 g/mol. The molecule has 0 aliphatic rings. The van der Waals surface area contributed by atoms with E-state index < -0.39 is 8.32 Å². The van der Waals surface area contributed by atoms with Gasteiger partial charge in [0.2, 0.25) is 0 Å². The van der Waals surface area contributed by atoms with E-state index in [-0.39, 0.29) is 6.42 Å². The van der Waals surface area contributed by atoms with Crippen molar-refractivity contribution in [3.8, 4) is 0 Å². The normalized spacial score (nSPS) is 11.4. The molecule has 0 N–H and O–H groups in total. The molecule has 3 rings (SSSR count). The summed E-state index contributed by atoms with van der Waals surface area (Å²) >= 11 is 0. The summed E-state index contributed by atoms with van der Waals surface area (Å²) in [5, 5.41) is 7.49. The van der Waals surface area contributed by atoms with Crippen LogP contribution in [0.25, 0.3) is 0 Å². The summed E-state index contributed by atoms with van der Waals surface area (Å²) in [4.78, 5) is 10.6. The Kier molecular flexibility index (Phi) is 5.54. The van der Waals surface area contributed by atoms with E-state index in [1.807, 2.05) is 54.6 Å². The van der Waals surface area contributed by atoms with E-state index in [1.165, 1.54) is 6.21 Å². The van der Waals surface area contributed by atoms with E-state index in [9.17, 15) is 4.79 Å². The molecule has 0 saturated heterocycles. The van der Waals surface area contributed by atoms with Crippen molar-refractivity contribution in [1.82, 2.24) is 0 Å². The van der Waals surface area contributed by atoms with Crippen LogP contribution >= 0.6 is 0 Å². The molecule has 124 valence electrons. The highest BCUT2D eigenvalue weighted by atomic mass is 28.4. The number of carbonyl (C=O) groups excluding carboxylic acids is 1. The van der Waals surface area contributed by atoms with Gasteiger partial charge >= 0.3 is 8.32 Å². The standard InChI is InChI=1S/C21H19NO2Si/c23-18-10-17-22-24-25(19-11-4-1-5-12-19,20-13-6-2-7-14-20)21-15-8-3-9-16-21/h1-9,11-18H,10H2/b22-17+. The van der Waals surface area contributed by atoms with Gasteiger partial charge in [-0.15, -0.1) is 5.16 Å². The molecule has 3 aromatic carbocycles. The molecule has 0 bridgehead atoms. The maximum atomic E-state index is 10.6. The Bertz CT molecular complexity index is 724. The highest BCUT2D eigenvalue weighted by Crippen LogP contribution is 2.10. The molecule has 3 nitrogen and oxygen atoms in total. The third kappa shape index (κ3) is 3.59. The van der Waals surface area contributed by atoms with Gasteiger partial charge in [0.05, 0.1) is 0 Å².